The number of hydrogen-bond acceptors (Lipinski definition) is 3. The van der Waals surface area contributed by atoms with E-state index in [0.29, 0.717) is 0 Å². The van der Waals surface area contributed by atoms with Gasteiger partial charge in [0.05, 0.1) is 18.7 Å². The summed E-state index contributed by atoms with van der Waals surface area (Å²) in [6.45, 7) is 7.04. The maximum atomic E-state index is 12.7. The predicted octanol–water partition coefficient (Wildman–Crippen LogP) is 3.13. The van der Waals surface area contributed by atoms with Gasteiger partial charge in [0.15, 0.2) is 0 Å². The third kappa shape index (κ3) is 3.73. The molecule has 0 aromatic heterocycles. The van der Waals surface area contributed by atoms with E-state index in [-0.39, 0.29) is 24.4 Å². The number of amides is 1. The van der Waals surface area contributed by atoms with Crippen molar-refractivity contribution in [2.75, 3.05) is 13.7 Å². The molecule has 1 amide bonds. The molecular weight excluding hydrogens is 300 g/mol. The molecule has 5 heteroatoms. The van der Waals surface area contributed by atoms with Gasteiger partial charge >= 0.3 is 0 Å². The zero-order valence-corrected chi connectivity index (χ0v) is 14.7. The molecule has 1 fully saturated rings. The summed E-state index contributed by atoms with van der Waals surface area (Å²) in [5.41, 5.74) is 1.79. The summed E-state index contributed by atoms with van der Waals surface area (Å²) in [7, 11) is 1.66. The van der Waals surface area contributed by atoms with Crippen molar-refractivity contribution >= 4 is 18.3 Å². The average molecular weight is 327 g/mol. The molecule has 0 spiro atoms. The van der Waals surface area contributed by atoms with Gasteiger partial charge in [-0.2, -0.15) is 0 Å². The predicted molar refractivity (Wildman–Crippen MR) is 91.8 cm³/mol. The first-order valence-electron chi connectivity index (χ1n) is 7.73. The molecule has 1 saturated heterocycles. The van der Waals surface area contributed by atoms with E-state index in [1.54, 1.807) is 7.11 Å². The maximum Gasteiger partial charge on any atom is 0.240 e. The molecule has 22 heavy (non-hydrogen) atoms. The van der Waals surface area contributed by atoms with E-state index in [9.17, 15) is 4.79 Å². The Morgan fingerprint density at radius 2 is 2.23 bits per heavy atom. The smallest absolute Gasteiger partial charge is 0.240 e. The van der Waals surface area contributed by atoms with Gasteiger partial charge in [-0.05, 0) is 45.7 Å². The SMILES string of the molecule is CCC1(C(=O)NC(C)c2cc(C)ccc2OC)CCCN1.Cl. The van der Waals surface area contributed by atoms with E-state index in [0.717, 1.165) is 42.7 Å². The summed E-state index contributed by atoms with van der Waals surface area (Å²) in [6, 6.07) is 5.97. The van der Waals surface area contributed by atoms with Crippen LogP contribution in [0.4, 0.5) is 0 Å². The fraction of sp³-hybridized carbons (Fsp3) is 0.588. The Balaban J connectivity index is 0.00000242. The minimum absolute atomic E-state index is 0. The Morgan fingerprint density at radius 1 is 1.50 bits per heavy atom. The molecule has 2 N–H and O–H groups in total. The molecule has 0 radical (unpaired) electrons. The van der Waals surface area contributed by atoms with Crippen LogP contribution in [-0.2, 0) is 4.79 Å². The highest BCUT2D eigenvalue weighted by atomic mass is 35.5. The standard InChI is InChI=1S/C17H26N2O2.ClH/c1-5-17(9-6-10-18-17)16(20)19-13(3)14-11-12(2)7-8-15(14)21-4;/h7-8,11,13,18H,5-6,9-10H2,1-4H3,(H,19,20);1H. The molecule has 1 aromatic carbocycles. The lowest BCUT2D eigenvalue weighted by Gasteiger charge is -2.29. The van der Waals surface area contributed by atoms with Crippen molar-refractivity contribution in [3.05, 3.63) is 29.3 Å². The van der Waals surface area contributed by atoms with E-state index < -0.39 is 5.54 Å². The molecular formula is C17H27ClN2O2. The number of carbonyl (C=O) groups is 1. The van der Waals surface area contributed by atoms with Crippen molar-refractivity contribution in [2.24, 2.45) is 0 Å². The van der Waals surface area contributed by atoms with Crippen molar-refractivity contribution in [1.29, 1.82) is 0 Å². The van der Waals surface area contributed by atoms with Crippen LogP contribution in [0, 0.1) is 6.92 Å². The fourth-order valence-corrected chi connectivity index (χ4v) is 3.07. The number of nitrogens with one attached hydrogen (secondary N) is 2. The van der Waals surface area contributed by atoms with Gasteiger partial charge in [0.25, 0.3) is 0 Å². The third-order valence-electron chi connectivity index (χ3n) is 4.48. The summed E-state index contributed by atoms with van der Waals surface area (Å²) < 4.78 is 5.41. The summed E-state index contributed by atoms with van der Waals surface area (Å²) in [6.07, 6.45) is 2.78. The molecule has 2 rings (SSSR count). The van der Waals surface area contributed by atoms with Gasteiger partial charge in [-0.1, -0.05) is 24.6 Å². The molecule has 1 aliphatic rings. The number of benzene rings is 1. The summed E-state index contributed by atoms with van der Waals surface area (Å²) in [5.74, 6) is 0.914. The molecule has 0 saturated carbocycles. The molecule has 1 aliphatic heterocycles. The Labute approximate surface area is 139 Å². The van der Waals surface area contributed by atoms with Gasteiger partial charge in [-0.25, -0.2) is 0 Å². The number of halogens is 1. The topological polar surface area (TPSA) is 50.4 Å². The molecule has 2 unspecified atom stereocenters. The van der Waals surface area contributed by atoms with E-state index >= 15 is 0 Å². The fourth-order valence-electron chi connectivity index (χ4n) is 3.07. The minimum atomic E-state index is -0.397. The highest BCUT2D eigenvalue weighted by Gasteiger charge is 2.39. The Bertz CT molecular complexity index is 513. The highest BCUT2D eigenvalue weighted by molar-refractivity contribution is 5.87. The zero-order valence-electron chi connectivity index (χ0n) is 13.9. The number of carbonyl (C=O) groups excluding carboxylic acids is 1. The van der Waals surface area contributed by atoms with Crippen LogP contribution in [0.2, 0.25) is 0 Å². The van der Waals surface area contributed by atoms with Gasteiger partial charge < -0.3 is 15.4 Å². The average Bonchev–Trinajstić information content (AvgIpc) is 2.97. The summed E-state index contributed by atoms with van der Waals surface area (Å²) in [4.78, 5) is 12.7. The first-order chi connectivity index (χ1) is 10.0. The van der Waals surface area contributed by atoms with Crippen molar-refractivity contribution in [3.8, 4) is 5.75 Å². The van der Waals surface area contributed by atoms with Crippen LogP contribution in [0.5, 0.6) is 5.75 Å². The Hall–Kier alpha value is -1.26. The summed E-state index contributed by atoms with van der Waals surface area (Å²) >= 11 is 0. The highest BCUT2D eigenvalue weighted by Crippen LogP contribution is 2.28. The number of hydrogen-bond donors (Lipinski definition) is 2. The van der Waals surface area contributed by atoms with Gasteiger partial charge in [0.1, 0.15) is 5.75 Å². The second-order valence-corrected chi connectivity index (χ2v) is 5.91. The van der Waals surface area contributed by atoms with E-state index in [1.165, 1.54) is 0 Å². The van der Waals surface area contributed by atoms with Gasteiger partial charge in [0.2, 0.25) is 5.91 Å². The van der Waals surface area contributed by atoms with E-state index in [4.69, 9.17) is 4.74 Å². The van der Waals surface area contributed by atoms with Crippen molar-refractivity contribution < 1.29 is 9.53 Å². The van der Waals surface area contributed by atoms with Crippen LogP contribution in [0.15, 0.2) is 18.2 Å². The van der Waals surface area contributed by atoms with Crippen LogP contribution >= 0.6 is 12.4 Å². The van der Waals surface area contributed by atoms with Crippen LogP contribution in [-0.4, -0.2) is 25.1 Å². The zero-order chi connectivity index (χ0) is 15.5. The van der Waals surface area contributed by atoms with Gasteiger partial charge in [-0.3, -0.25) is 4.79 Å². The second kappa shape index (κ2) is 7.84. The lowest BCUT2D eigenvalue weighted by molar-refractivity contribution is -0.128. The monoisotopic (exact) mass is 326 g/mol. The molecule has 1 heterocycles. The van der Waals surface area contributed by atoms with Crippen LogP contribution in [0.3, 0.4) is 0 Å². The molecule has 2 atom stereocenters. The third-order valence-corrected chi connectivity index (χ3v) is 4.48. The molecule has 124 valence electrons. The maximum absolute atomic E-state index is 12.7. The first-order valence-corrected chi connectivity index (χ1v) is 7.73. The molecule has 1 aromatic rings. The minimum Gasteiger partial charge on any atom is -0.496 e. The molecule has 0 aliphatic carbocycles. The quantitative estimate of drug-likeness (QED) is 0.874. The normalized spacial score (nSPS) is 21.8. The number of rotatable bonds is 5. The molecule has 4 nitrogen and oxygen atoms in total. The van der Waals surface area contributed by atoms with E-state index in [1.807, 2.05) is 26.0 Å². The lowest BCUT2D eigenvalue weighted by atomic mass is 9.92. The van der Waals surface area contributed by atoms with Crippen molar-refractivity contribution in [3.63, 3.8) is 0 Å². The van der Waals surface area contributed by atoms with Crippen LogP contribution < -0.4 is 15.4 Å². The van der Waals surface area contributed by atoms with E-state index in [2.05, 4.69) is 23.6 Å². The number of methoxy groups -OCH3 is 1. The van der Waals surface area contributed by atoms with Crippen molar-refractivity contribution in [2.45, 2.75) is 51.6 Å². The Kier molecular flexibility index (Phi) is 6.69. The van der Waals surface area contributed by atoms with Crippen LogP contribution in [0.1, 0.15) is 50.3 Å². The van der Waals surface area contributed by atoms with Crippen LogP contribution in [0.25, 0.3) is 0 Å². The van der Waals surface area contributed by atoms with Crippen molar-refractivity contribution in [1.82, 2.24) is 10.6 Å². The van der Waals surface area contributed by atoms with Gasteiger partial charge in [0, 0.05) is 5.56 Å². The first kappa shape index (κ1) is 18.8. The number of ether oxygens (including phenoxy) is 1. The Morgan fingerprint density at radius 3 is 2.77 bits per heavy atom. The summed E-state index contributed by atoms with van der Waals surface area (Å²) in [5, 5.41) is 6.52. The van der Waals surface area contributed by atoms with Gasteiger partial charge in [-0.15, -0.1) is 12.4 Å². The second-order valence-electron chi connectivity index (χ2n) is 5.91. The number of aryl methyl sites for hydroxylation is 1. The lowest BCUT2D eigenvalue weighted by Crippen LogP contribution is -2.53. The molecule has 0 bridgehead atoms. The largest absolute Gasteiger partial charge is 0.496 e.